The van der Waals surface area contributed by atoms with Crippen molar-refractivity contribution in [1.29, 1.82) is 0 Å². The molecule has 0 atom stereocenters. The maximum atomic E-state index is 5.86. The average molecular weight is 289 g/mol. The molecule has 1 aromatic heterocycles. The van der Waals surface area contributed by atoms with Crippen LogP contribution in [0.3, 0.4) is 0 Å². The standard InChI is InChI=1S/C16H23N3O2/c1-4-5-15-18-14(19-21-15)10-20-16-11(2)8-13(6-7-17)9-12(16)3/h8-9H,4-7,10,17H2,1-3H3. The van der Waals surface area contributed by atoms with Gasteiger partial charge < -0.3 is 15.0 Å². The molecule has 0 aliphatic rings. The van der Waals surface area contributed by atoms with E-state index >= 15 is 0 Å². The van der Waals surface area contributed by atoms with Crippen molar-refractivity contribution in [3.63, 3.8) is 0 Å². The van der Waals surface area contributed by atoms with Crippen LogP contribution in [-0.2, 0) is 19.4 Å². The fourth-order valence-corrected chi connectivity index (χ4v) is 2.38. The molecule has 0 bridgehead atoms. The van der Waals surface area contributed by atoms with Gasteiger partial charge in [-0.05, 0) is 49.9 Å². The second-order valence-corrected chi connectivity index (χ2v) is 5.24. The molecule has 5 heteroatoms. The van der Waals surface area contributed by atoms with Gasteiger partial charge in [-0.2, -0.15) is 4.98 Å². The van der Waals surface area contributed by atoms with Crippen LogP contribution in [0.25, 0.3) is 0 Å². The molecule has 114 valence electrons. The van der Waals surface area contributed by atoms with Crippen molar-refractivity contribution in [2.45, 2.75) is 46.6 Å². The van der Waals surface area contributed by atoms with Crippen molar-refractivity contribution >= 4 is 0 Å². The molecule has 0 saturated carbocycles. The predicted molar refractivity (Wildman–Crippen MR) is 81.3 cm³/mol. The zero-order chi connectivity index (χ0) is 15.2. The van der Waals surface area contributed by atoms with Crippen LogP contribution >= 0.6 is 0 Å². The van der Waals surface area contributed by atoms with Crippen molar-refractivity contribution in [2.24, 2.45) is 5.73 Å². The van der Waals surface area contributed by atoms with Crippen molar-refractivity contribution in [2.75, 3.05) is 6.54 Å². The van der Waals surface area contributed by atoms with E-state index in [0.717, 1.165) is 36.1 Å². The molecular weight excluding hydrogens is 266 g/mol. The van der Waals surface area contributed by atoms with Crippen LogP contribution in [0, 0.1) is 13.8 Å². The highest BCUT2D eigenvalue weighted by Crippen LogP contribution is 2.25. The predicted octanol–water partition coefficient (Wildman–Crippen LogP) is 2.72. The van der Waals surface area contributed by atoms with Crippen LogP contribution in [0.4, 0.5) is 0 Å². The summed E-state index contributed by atoms with van der Waals surface area (Å²) in [4.78, 5) is 4.30. The van der Waals surface area contributed by atoms with E-state index in [0.29, 0.717) is 24.9 Å². The van der Waals surface area contributed by atoms with Crippen LogP contribution in [0.2, 0.25) is 0 Å². The summed E-state index contributed by atoms with van der Waals surface area (Å²) in [5.41, 5.74) is 9.06. The van der Waals surface area contributed by atoms with Crippen LogP contribution < -0.4 is 10.5 Å². The summed E-state index contributed by atoms with van der Waals surface area (Å²) in [5, 5.41) is 3.93. The summed E-state index contributed by atoms with van der Waals surface area (Å²) in [7, 11) is 0. The highest BCUT2D eigenvalue weighted by Gasteiger charge is 2.10. The van der Waals surface area contributed by atoms with Crippen LogP contribution in [-0.4, -0.2) is 16.7 Å². The number of hydrogen-bond acceptors (Lipinski definition) is 5. The number of aromatic nitrogens is 2. The van der Waals surface area contributed by atoms with Gasteiger partial charge in [0.05, 0.1) is 0 Å². The number of benzene rings is 1. The molecule has 1 heterocycles. The molecule has 21 heavy (non-hydrogen) atoms. The SMILES string of the molecule is CCCc1nc(COc2c(C)cc(CCN)cc2C)no1. The normalized spacial score (nSPS) is 10.9. The van der Waals surface area contributed by atoms with E-state index in [2.05, 4.69) is 29.2 Å². The number of nitrogens with two attached hydrogens (primary N) is 1. The van der Waals surface area contributed by atoms with E-state index in [1.807, 2.05) is 13.8 Å². The summed E-state index contributed by atoms with van der Waals surface area (Å²) in [6, 6.07) is 4.24. The van der Waals surface area contributed by atoms with E-state index in [-0.39, 0.29) is 0 Å². The molecule has 0 unspecified atom stereocenters. The van der Waals surface area contributed by atoms with Crippen LogP contribution in [0.5, 0.6) is 5.75 Å². The second-order valence-electron chi connectivity index (χ2n) is 5.24. The van der Waals surface area contributed by atoms with Gasteiger partial charge in [0.15, 0.2) is 6.61 Å². The van der Waals surface area contributed by atoms with Gasteiger partial charge in [-0.1, -0.05) is 24.2 Å². The Hall–Kier alpha value is -1.88. The molecule has 0 saturated heterocycles. The van der Waals surface area contributed by atoms with Crippen molar-refractivity contribution in [3.8, 4) is 5.75 Å². The van der Waals surface area contributed by atoms with Gasteiger partial charge in [0.2, 0.25) is 11.7 Å². The highest BCUT2D eigenvalue weighted by atomic mass is 16.5. The van der Waals surface area contributed by atoms with E-state index in [9.17, 15) is 0 Å². The Kier molecular flexibility index (Phi) is 5.33. The maximum absolute atomic E-state index is 5.86. The zero-order valence-corrected chi connectivity index (χ0v) is 13.0. The monoisotopic (exact) mass is 289 g/mol. The Morgan fingerprint density at radius 1 is 1.19 bits per heavy atom. The number of ether oxygens (including phenoxy) is 1. The highest BCUT2D eigenvalue weighted by molar-refractivity contribution is 5.43. The Morgan fingerprint density at radius 2 is 1.90 bits per heavy atom. The Balaban J connectivity index is 2.05. The largest absolute Gasteiger partial charge is 0.485 e. The lowest BCUT2D eigenvalue weighted by molar-refractivity contribution is 0.281. The second kappa shape index (κ2) is 7.22. The Morgan fingerprint density at radius 3 is 2.52 bits per heavy atom. The third-order valence-electron chi connectivity index (χ3n) is 3.27. The van der Waals surface area contributed by atoms with Gasteiger partial charge in [-0.15, -0.1) is 0 Å². The fourth-order valence-electron chi connectivity index (χ4n) is 2.38. The van der Waals surface area contributed by atoms with Crippen molar-refractivity contribution in [3.05, 3.63) is 40.5 Å². The minimum Gasteiger partial charge on any atom is -0.485 e. The van der Waals surface area contributed by atoms with Gasteiger partial charge in [0.1, 0.15) is 5.75 Å². The Labute approximate surface area is 125 Å². The number of aryl methyl sites for hydroxylation is 3. The van der Waals surface area contributed by atoms with Gasteiger partial charge in [-0.3, -0.25) is 0 Å². The first-order valence-electron chi connectivity index (χ1n) is 7.38. The quantitative estimate of drug-likeness (QED) is 0.848. The van der Waals surface area contributed by atoms with Crippen LogP contribution in [0.1, 0.15) is 41.8 Å². The topological polar surface area (TPSA) is 74.2 Å². The summed E-state index contributed by atoms with van der Waals surface area (Å²) in [6.45, 7) is 7.14. The summed E-state index contributed by atoms with van der Waals surface area (Å²) >= 11 is 0. The molecule has 0 fully saturated rings. The molecule has 0 amide bonds. The molecule has 2 rings (SSSR count). The van der Waals surface area contributed by atoms with E-state index in [4.69, 9.17) is 15.0 Å². The molecule has 0 radical (unpaired) electrons. The summed E-state index contributed by atoms with van der Waals surface area (Å²) in [6.07, 6.45) is 2.68. The van der Waals surface area contributed by atoms with Gasteiger partial charge in [-0.25, -0.2) is 0 Å². The lowest BCUT2D eigenvalue weighted by atomic mass is 10.0. The third kappa shape index (κ3) is 4.04. The van der Waals surface area contributed by atoms with E-state index in [1.165, 1.54) is 5.56 Å². The first kappa shape index (κ1) is 15.5. The molecular formula is C16H23N3O2. The number of rotatable bonds is 7. The molecule has 2 N–H and O–H groups in total. The van der Waals surface area contributed by atoms with E-state index in [1.54, 1.807) is 0 Å². The van der Waals surface area contributed by atoms with E-state index < -0.39 is 0 Å². The summed E-state index contributed by atoms with van der Waals surface area (Å²) < 4.78 is 11.0. The molecule has 2 aromatic rings. The first-order valence-corrected chi connectivity index (χ1v) is 7.38. The zero-order valence-electron chi connectivity index (χ0n) is 13.0. The first-order chi connectivity index (χ1) is 10.1. The molecule has 0 aliphatic carbocycles. The number of nitrogens with zero attached hydrogens (tertiary/aromatic N) is 2. The average Bonchev–Trinajstić information content (AvgIpc) is 2.86. The van der Waals surface area contributed by atoms with Gasteiger partial charge in [0, 0.05) is 6.42 Å². The lowest BCUT2D eigenvalue weighted by Crippen LogP contribution is -2.05. The van der Waals surface area contributed by atoms with Gasteiger partial charge >= 0.3 is 0 Å². The minimum absolute atomic E-state index is 0.325. The molecule has 0 aliphatic heterocycles. The van der Waals surface area contributed by atoms with Crippen molar-refractivity contribution in [1.82, 2.24) is 10.1 Å². The fraction of sp³-hybridized carbons (Fsp3) is 0.500. The van der Waals surface area contributed by atoms with Gasteiger partial charge in [0.25, 0.3) is 0 Å². The number of hydrogen-bond donors (Lipinski definition) is 1. The molecule has 0 spiro atoms. The minimum atomic E-state index is 0.325. The molecule has 1 aromatic carbocycles. The summed E-state index contributed by atoms with van der Waals surface area (Å²) in [5.74, 6) is 2.14. The third-order valence-corrected chi connectivity index (χ3v) is 3.27. The molecule has 5 nitrogen and oxygen atoms in total. The van der Waals surface area contributed by atoms with Crippen LogP contribution in [0.15, 0.2) is 16.7 Å². The maximum Gasteiger partial charge on any atom is 0.226 e. The Bertz CT molecular complexity index is 570. The smallest absolute Gasteiger partial charge is 0.226 e. The van der Waals surface area contributed by atoms with Crippen molar-refractivity contribution < 1.29 is 9.26 Å². The lowest BCUT2D eigenvalue weighted by Gasteiger charge is -2.12.